The molecule has 68 valence electrons. The quantitative estimate of drug-likeness (QED) is 0.237. The predicted octanol–water partition coefficient (Wildman–Crippen LogP) is -2.83. The van der Waals surface area contributed by atoms with Crippen molar-refractivity contribution in [3.63, 3.8) is 0 Å². The van der Waals surface area contributed by atoms with Gasteiger partial charge in [-0.05, 0) is 0 Å². The maximum atomic E-state index is 10.5. The maximum Gasteiger partial charge on any atom is 1.00 e. The van der Waals surface area contributed by atoms with Gasteiger partial charge in [0.1, 0.15) is 12.2 Å². The van der Waals surface area contributed by atoms with E-state index in [-0.39, 0.29) is 63.6 Å². The molecule has 1 N–H and O–H groups in total. The van der Waals surface area contributed by atoms with E-state index in [1.54, 1.807) is 0 Å². The Kier molecular flexibility index (Phi) is 10.4. The van der Waals surface area contributed by atoms with Crippen LogP contribution in [0.1, 0.15) is 6.42 Å². The van der Waals surface area contributed by atoms with Crippen LogP contribution < -0.4 is 51.4 Å². The summed E-state index contributed by atoms with van der Waals surface area (Å²) < 4.78 is 8.45. The fourth-order valence-corrected chi connectivity index (χ4v) is 0.466. The Morgan fingerprint density at radius 2 is 1.85 bits per heavy atom. The number of aliphatic hydroxyl groups excluding tert-OH is 1. The number of aliphatic hydroxyl groups is 1. The number of carbonyl (C=O) groups excluding carboxylic acids is 2. The molecule has 0 atom stereocenters. The number of esters is 2. The van der Waals surface area contributed by atoms with Crippen LogP contribution in [0, 0.1) is 0 Å². The summed E-state index contributed by atoms with van der Waals surface area (Å²) in [6, 6.07) is 0. The van der Waals surface area contributed by atoms with Gasteiger partial charge in [-0.25, -0.2) is 4.79 Å². The van der Waals surface area contributed by atoms with Crippen molar-refractivity contribution < 1.29 is 75.6 Å². The van der Waals surface area contributed by atoms with Gasteiger partial charge < -0.3 is 14.6 Å². The molecule has 0 spiro atoms. The van der Waals surface area contributed by atoms with Crippen LogP contribution in [0.15, 0.2) is 11.8 Å². The second-order valence-corrected chi connectivity index (χ2v) is 1.91. The first-order valence-corrected chi connectivity index (χ1v) is 3.14. The van der Waals surface area contributed by atoms with Crippen LogP contribution >= 0.6 is 0 Å². The van der Waals surface area contributed by atoms with E-state index >= 15 is 0 Å². The summed E-state index contributed by atoms with van der Waals surface area (Å²) in [5.74, 6) is -1.71. The van der Waals surface area contributed by atoms with E-state index in [4.69, 9.17) is 5.11 Å². The molecule has 0 fully saturated rings. The van der Waals surface area contributed by atoms with Gasteiger partial charge in [0.2, 0.25) is 0 Å². The van der Waals surface area contributed by atoms with Crippen molar-refractivity contribution in [2.75, 3.05) is 14.2 Å². The molecule has 0 unspecified atom stereocenters. The summed E-state index contributed by atoms with van der Waals surface area (Å²) in [7, 11) is 2.36. The van der Waals surface area contributed by atoms with Crippen molar-refractivity contribution in [3.05, 3.63) is 11.8 Å². The Balaban J connectivity index is 0. The summed E-state index contributed by atoms with van der Waals surface area (Å²) in [6.07, 6.45) is 0.489. The molecule has 0 aromatic rings. The minimum atomic E-state index is -0.712. The SMILES string of the molecule is COC(=O)/C=C(/O)CC(=O)OC.[K+]. The minimum absolute atomic E-state index is 0. The van der Waals surface area contributed by atoms with Gasteiger partial charge in [-0.1, -0.05) is 0 Å². The summed E-state index contributed by atoms with van der Waals surface area (Å²) in [5.41, 5.74) is 0. The molecule has 5 nitrogen and oxygen atoms in total. The van der Waals surface area contributed by atoms with Crippen molar-refractivity contribution in [3.8, 4) is 0 Å². The average Bonchev–Trinajstić information content (AvgIpc) is 2.03. The zero-order chi connectivity index (χ0) is 9.56. The molecule has 0 heterocycles. The van der Waals surface area contributed by atoms with Crippen LogP contribution in [0.25, 0.3) is 0 Å². The standard InChI is InChI=1S/C7H10O5.K/c1-11-6(9)3-5(8)4-7(10)12-2;/h3,8H,4H2,1-2H3;/q;+1/b5-3+;. The zero-order valence-corrected chi connectivity index (χ0v) is 11.0. The molecule has 0 radical (unpaired) electrons. The largest absolute Gasteiger partial charge is 1.00 e. The Hall–Kier alpha value is 0.116. The first-order chi connectivity index (χ1) is 5.60. The molecule has 0 aromatic carbocycles. The van der Waals surface area contributed by atoms with Crippen LogP contribution in [0.3, 0.4) is 0 Å². The Morgan fingerprint density at radius 3 is 2.23 bits per heavy atom. The van der Waals surface area contributed by atoms with E-state index in [9.17, 15) is 9.59 Å². The monoisotopic (exact) mass is 213 g/mol. The van der Waals surface area contributed by atoms with E-state index in [0.717, 1.165) is 6.08 Å². The third kappa shape index (κ3) is 8.45. The third-order valence-corrected chi connectivity index (χ3v) is 1.04. The second-order valence-electron chi connectivity index (χ2n) is 1.91. The van der Waals surface area contributed by atoms with Crippen LogP contribution in [0.2, 0.25) is 0 Å². The predicted molar refractivity (Wildman–Crippen MR) is 39.4 cm³/mol. The molecule has 0 aromatic heterocycles. The topological polar surface area (TPSA) is 72.8 Å². The first-order valence-electron chi connectivity index (χ1n) is 3.14. The normalized spacial score (nSPS) is 9.85. The zero-order valence-electron chi connectivity index (χ0n) is 7.86. The molecule has 13 heavy (non-hydrogen) atoms. The Morgan fingerprint density at radius 1 is 1.31 bits per heavy atom. The van der Waals surface area contributed by atoms with Gasteiger partial charge in [0.25, 0.3) is 0 Å². The van der Waals surface area contributed by atoms with Crippen LogP contribution in [-0.2, 0) is 19.1 Å². The molecule has 0 bridgehead atoms. The number of hydrogen-bond acceptors (Lipinski definition) is 5. The van der Waals surface area contributed by atoms with Crippen LogP contribution in [-0.4, -0.2) is 31.3 Å². The molecule has 0 aliphatic heterocycles. The number of methoxy groups -OCH3 is 2. The van der Waals surface area contributed by atoms with Crippen LogP contribution in [0.4, 0.5) is 0 Å². The molecule has 0 amide bonds. The molecule has 0 aliphatic carbocycles. The molecule has 0 saturated heterocycles. The molecule has 0 saturated carbocycles. The number of carbonyl (C=O) groups is 2. The summed E-state index contributed by atoms with van der Waals surface area (Å²) >= 11 is 0. The van der Waals surface area contributed by atoms with Crippen molar-refractivity contribution in [1.29, 1.82) is 0 Å². The minimum Gasteiger partial charge on any atom is -0.511 e. The summed E-state index contributed by atoms with van der Waals surface area (Å²) in [5, 5.41) is 8.91. The first kappa shape index (κ1) is 15.6. The van der Waals surface area contributed by atoms with Gasteiger partial charge in [0.05, 0.1) is 20.3 Å². The van der Waals surface area contributed by atoms with E-state index < -0.39 is 11.9 Å². The Labute approximate surface area is 119 Å². The van der Waals surface area contributed by atoms with Gasteiger partial charge in [-0.3, -0.25) is 4.79 Å². The van der Waals surface area contributed by atoms with E-state index in [2.05, 4.69) is 9.47 Å². The molecule has 6 heteroatoms. The third-order valence-electron chi connectivity index (χ3n) is 1.04. The van der Waals surface area contributed by atoms with Crippen molar-refractivity contribution in [1.82, 2.24) is 0 Å². The Bertz CT molecular complexity index is 211. The summed E-state index contributed by atoms with van der Waals surface area (Å²) in [4.78, 5) is 21.0. The van der Waals surface area contributed by atoms with Crippen molar-refractivity contribution in [2.24, 2.45) is 0 Å². The van der Waals surface area contributed by atoms with Gasteiger partial charge in [-0.15, -0.1) is 0 Å². The van der Waals surface area contributed by atoms with Crippen molar-refractivity contribution >= 4 is 11.9 Å². The van der Waals surface area contributed by atoms with Gasteiger partial charge in [0.15, 0.2) is 0 Å². The number of rotatable bonds is 3. The average molecular weight is 213 g/mol. The summed E-state index contributed by atoms with van der Waals surface area (Å²) in [6.45, 7) is 0. The maximum absolute atomic E-state index is 10.5. The van der Waals surface area contributed by atoms with Crippen LogP contribution in [0.5, 0.6) is 0 Å². The molecule has 0 rings (SSSR count). The smallest absolute Gasteiger partial charge is 0.511 e. The van der Waals surface area contributed by atoms with Gasteiger partial charge >= 0.3 is 63.3 Å². The molecule has 0 aliphatic rings. The van der Waals surface area contributed by atoms with E-state index in [1.165, 1.54) is 14.2 Å². The number of ether oxygens (including phenoxy) is 2. The fraction of sp³-hybridized carbons (Fsp3) is 0.429. The number of hydrogen-bond donors (Lipinski definition) is 1. The van der Waals surface area contributed by atoms with Crippen molar-refractivity contribution in [2.45, 2.75) is 6.42 Å². The fourth-order valence-electron chi connectivity index (χ4n) is 0.466. The second kappa shape index (κ2) is 8.70. The van der Waals surface area contributed by atoms with E-state index in [1.807, 2.05) is 0 Å². The van der Waals surface area contributed by atoms with Gasteiger partial charge in [0, 0.05) is 0 Å². The molecular weight excluding hydrogens is 203 g/mol. The molecular formula is C7H10KO5+. The van der Waals surface area contributed by atoms with Gasteiger partial charge in [-0.2, -0.15) is 0 Å². The van der Waals surface area contributed by atoms with E-state index in [0.29, 0.717) is 0 Å².